The molecule has 0 aromatic carbocycles. The van der Waals surface area contributed by atoms with Crippen molar-refractivity contribution in [3.8, 4) is 0 Å². The summed E-state index contributed by atoms with van der Waals surface area (Å²) in [6, 6.07) is 2.99. The Morgan fingerprint density at radius 2 is 1.08 bits per heavy atom. The quantitative estimate of drug-likeness (QED) is 0.157. The Bertz CT molecular complexity index is 279. The van der Waals surface area contributed by atoms with Gasteiger partial charge in [-0.3, -0.25) is 0 Å². The van der Waals surface area contributed by atoms with Crippen molar-refractivity contribution in [1.29, 1.82) is 0 Å². The van der Waals surface area contributed by atoms with Gasteiger partial charge in [-0.05, 0) is 26.7 Å². The molecule has 0 unspecified atom stereocenters. The minimum Gasteiger partial charge on any atom is -0.381 e. The molecule has 0 atom stereocenters. The third-order valence-electron chi connectivity index (χ3n) is 5.48. The number of rotatable bonds is 20. The molecule has 0 saturated heterocycles. The number of unbranched alkanes of at least 4 members (excludes halogenated alkanes) is 10. The van der Waals surface area contributed by atoms with Gasteiger partial charge < -0.3 is 9.47 Å². The van der Waals surface area contributed by atoms with Gasteiger partial charge in [0.25, 0.3) is 0 Å². The lowest BCUT2D eigenvalue weighted by Crippen LogP contribution is -2.22. The van der Waals surface area contributed by atoms with Crippen LogP contribution in [0.25, 0.3) is 0 Å². The lowest BCUT2D eigenvalue weighted by Gasteiger charge is -2.19. The standard InChI is InChI=1S/C23H50O2Si/c1-6-26(4,5)22-17-15-13-11-9-7-8-10-12-14-16-19-24-20-18-21-25-23(2)3/h23H,6-22H2,1-5H3. The molecule has 2 nitrogen and oxygen atoms in total. The predicted molar refractivity (Wildman–Crippen MR) is 120 cm³/mol. The van der Waals surface area contributed by atoms with E-state index >= 15 is 0 Å². The van der Waals surface area contributed by atoms with Crippen LogP contribution in [0.5, 0.6) is 0 Å². The Morgan fingerprint density at radius 1 is 0.615 bits per heavy atom. The summed E-state index contributed by atoms with van der Waals surface area (Å²) >= 11 is 0. The zero-order valence-electron chi connectivity index (χ0n) is 18.9. The van der Waals surface area contributed by atoms with Crippen molar-refractivity contribution in [1.82, 2.24) is 0 Å². The highest BCUT2D eigenvalue weighted by atomic mass is 28.3. The Morgan fingerprint density at radius 3 is 1.58 bits per heavy atom. The predicted octanol–water partition coefficient (Wildman–Crippen LogP) is 7.84. The van der Waals surface area contributed by atoms with E-state index in [4.69, 9.17) is 9.47 Å². The molecule has 26 heavy (non-hydrogen) atoms. The lowest BCUT2D eigenvalue weighted by atomic mass is 10.1. The van der Waals surface area contributed by atoms with Gasteiger partial charge in [0.1, 0.15) is 0 Å². The molecule has 0 aliphatic carbocycles. The first kappa shape index (κ1) is 26.1. The van der Waals surface area contributed by atoms with Crippen molar-refractivity contribution >= 4 is 8.07 Å². The molecule has 0 fully saturated rings. The first-order valence-electron chi connectivity index (χ1n) is 11.7. The Hall–Kier alpha value is 0.137. The van der Waals surface area contributed by atoms with Crippen LogP contribution in [0.2, 0.25) is 25.2 Å². The first-order valence-corrected chi connectivity index (χ1v) is 15.1. The van der Waals surface area contributed by atoms with Gasteiger partial charge in [0.05, 0.1) is 6.10 Å². The zero-order valence-corrected chi connectivity index (χ0v) is 19.9. The van der Waals surface area contributed by atoms with Crippen molar-refractivity contribution in [3.05, 3.63) is 0 Å². The average molecular weight is 387 g/mol. The van der Waals surface area contributed by atoms with E-state index < -0.39 is 8.07 Å². The first-order chi connectivity index (χ1) is 12.5. The highest BCUT2D eigenvalue weighted by Gasteiger charge is 2.16. The van der Waals surface area contributed by atoms with Gasteiger partial charge in [0.15, 0.2) is 0 Å². The van der Waals surface area contributed by atoms with Gasteiger partial charge in [-0.25, -0.2) is 0 Å². The molecule has 0 amide bonds. The fourth-order valence-corrected chi connectivity index (χ4v) is 4.72. The van der Waals surface area contributed by atoms with Crippen LogP contribution in [0, 0.1) is 0 Å². The van der Waals surface area contributed by atoms with Crippen molar-refractivity contribution in [3.63, 3.8) is 0 Å². The van der Waals surface area contributed by atoms with E-state index in [0.29, 0.717) is 6.10 Å². The fraction of sp³-hybridized carbons (Fsp3) is 1.00. The second-order valence-electron chi connectivity index (χ2n) is 9.04. The summed E-state index contributed by atoms with van der Waals surface area (Å²) in [7, 11) is -0.805. The molecule has 0 heterocycles. The number of hydrogen-bond acceptors (Lipinski definition) is 2. The maximum atomic E-state index is 5.66. The van der Waals surface area contributed by atoms with Crippen LogP contribution in [0.1, 0.15) is 97.8 Å². The largest absolute Gasteiger partial charge is 0.381 e. The third-order valence-corrected chi connectivity index (χ3v) is 9.10. The molecule has 0 aromatic rings. The van der Waals surface area contributed by atoms with Crippen molar-refractivity contribution < 1.29 is 9.47 Å². The van der Waals surface area contributed by atoms with Crippen molar-refractivity contribution in [2.24, 2.45) is 0 Å². The Labute approximate surface area is 166 Å². The van der Waals surface area contributed by atoms with Gasteiger partial charge in [-0.1, -0.05) is 96.3 Å². The normalized spacial score (nSPS) is 12.2. The van der Waals surface area contributed by atoms with E-state index in [1.165, 1.54) is 76.7 Å². The van der Waals surface area contributed by atoms with Gasteiger partial charge in [0, 0.05) is 27.9 Å². The van der Waals surface area contributed by atoms with Crippen LogP contribution in [0.4, 0.5) is 0 Å². The minimum absolute atomic E-state index is 0.342. The second-order valence-corrected chi connectivity index (χ2v) is 14.6. The molecule has 0 aromatic heterocycles. The van der Waals surface area contributed by atoms with E-state index in [1.54, 1.807) is 6.04 Å². The Balaban J connectivity index is 3.07. The molecule has 0 saturated carbocycles. The molecular formula is C23H50O2Si. The van der Waals surface area contributed by atoms with E-state index in [1.807, 2.05) is 0 Å². The van der Waals surface area contributed by atoms with Crippen LogP contribution in [-0.4, -0.2) is 34.0 Å². The van der Waals surface area contributed by atoms with Gasteiger partial charge in [0.2, 0.25) is 0 Å². The van der Waals surface area contributed by atoms with Crippen LogP contribution < -0.4 is 0 Å². The third kappa shape index (κ3) is 20.4. The summed E-state index contributed by atoms with van der Waals surface area (Å²) < 4.78 is 11.2. The highest BCUT2D eigenvalue weighted by molar-refractivity contribution is 6.77. The van der Waals surface area contributed by atoms with E-state index in [9.17, 15) is 0 Å². The van der Waals surface area contributed by atoms with Crippen LogP contribution >= 0.6 is 0 Å². The van der Waals surface area contributed by atoms with Gasteiger partial charge >= 0.3 is 0 Å². The fourth-order valence-electron chi connectivity index (χ4n) is 3.16. The van der Waals surface area contributed by atoms with Crippen molar-refractivity contribution in [2.45, 2.75) is 129 Å². The van der Waals surface area contributed by atoms with E-state index in [-0.39, 0.29) is 0 Å². The summed E-state index contributed by atoms with van der Waals surface area (Å²) in [6.07, 6.45) is 16.9. The minimum atomic E-state index is -0.805. The molecule has 0 radical (unpaired) electrons. The lowest BCUT2D eigenvalue weighted by molar-refractivity contribution is 0.0507. The van der Waals surface area contributed by atoms with Gasteiger partial charge in [-0.15, -0.1) is 0 Å². The maximum absolute atomic E-state index is 5.66. The molecule has 0 rings (SSSR count). The maximum Gasteiger partial charge on any atom is 0.0518 e. The SMILES string of the molecule is CC[Si](C)(C)CCCCCCCCCCCCCOCCCOC(C)C. The molecule has 0 bridgehead atoms. The van der Waals surface area contributed by atoms with E-state index in [0.717, 1.165) is 26.2 Å². The summed E-state index contributed by atoms with van der Waals surface area (Å²) in [6.45, 7) is 14.2. The summed E-state index contributed by atoms with van der Waals surface area (Å²) in [5, 5.41) is 0. The molecule has 0 aliphatic heterocycles. The smallest absolute Gasteiger partial charge is 0.0518 e. The molecule has 0 spiro atoms. The topological polar surface area (TPSA) is 18.5 Å². The van der Waals surface area contributed by atoms with Crippen molar-refractivity contribution in [2.75, 3.05) is 19.8 Å². The molecule has 158 valence electrons. The van der Waals surface area contributed by atoms with Gasteiger partial charge in [-0.2, -0.15) is 0 Å². The average Bonchev–Trinajstić information content (AvgIpc) is 2.60. The van der Waals surface area contributed by atoms with E-state index in [2.05, 4.69) is 33.9 Å². The molecule has 0 N–H and O–H groups in total. The molecular weight excluding hydrogens is 336 g/mol. The number of hydrogen-bond donors (Lipinski definition) is 0. The second kappa shape index (κ2) is 18.5. The monoisotopic (exact) mass is 386 g/mol. The summed E-state index contributed by atoms with van der Waals surface area (Å²) in [5.41, 5.74) is 0. The summed E-state index contributed by atoms with van der Waals surface area (Å²) in [5.74, 6) is 0. The number of ether oxygens (including phenoxy) is 2. The van der Waals surface area contributed by atoms with Crippen LogP contribution in [0.3, 0.4) is 0 Å². The molecule has 0 aliphatic rings. The highest BCUT2D eigenvalue weighted by Crippen LogP contribution is 2.19. The van der Waals surface area contributed by atoms with Crippen LogP contribution in [0.15, 0.2) is 0 Å². The Kier molecular flexibility index (Phi) is 18.6. The molecule has 3 heteroatoms. The summed E-state index contributed by atoms with van der Waals surface area (Å²) in [4.78, 5) is 0. The zero-order chi connectivity index (χ0) is 19.5. The van der Waals surface area contributed by atoms with Crippen LogP contribution in [-0.2, 0) is 9.47 Å².